The SMILES string of the molecule is CN(C)c1ccc(NC(=O)c2ccc(N3CCOC3=O)cc2)cc1Cl. The van der Waals surface area contributed by atoms with Crippen molar-refractivity contribution >= 4 is 40.7 Å². The second-order valence-corrected chi connectivity index (χ2v) is 6.23. The van der Waals surface area contributed by atoms with Crippen LogP contribution in [0.25, 0.3) is 0 Å². The number of hydrogen-bond acceptors (Lipinski definition) is 4. The van der Waals surface area contributed by atoms with E-state index in [1.54, 1.807) is 36.4 Å². The lowest BCUT2D eigenvalue weighted by molar-refractivity contribution is 0.102. The van der Waals surface area contributed by atoms with E-state index in [9.17, 15) is 9.59 Å². The summed E-state index contributed by atoms with van der Waals surface area (Å²) in [5, 5.41) is 3.38. The molecule has 1 aliphatic rings. The van der Waals surface area contributed by atoms with Crippen molar-refractivity contribution in [2.24, 2.45) is 0 Å². The van der Waals surface area contributed by atoms with E-state index in [1.165, 1.54) is 4.90 Å². The zero-order valence-corrected chi connectivity index (χ0v) is 14.7. The summed E-state index contributed by atoms with van der Waals surface area (Å²) in [5.41, 5.74) is 2.69. The van der Waals surface area contributed by atoms with Crippen molar-refractivity contribution in [3.8, 4) is 0 Å². The van der Waals surface area contributed by atoms with E-state index in [0.29, 0.717) is 35.1 Å². The van der Waals surface area contributed by atoms with Crippen molar-refractivity contribution in [3.63, 3.8) is 0 Å². The van der Waals surface area contributed by atoms with Crippen molar-refractivity contribution in [3.05, 3.63) is 53.1 Å². The summed E-state index contributed by atoms with van der Waals surface area (Å²) in [7, 11) is 3.80. The highest BCUT2D eigenvalue weighted by molar-refractivity contribution is 6.33. The van der Waals surface area contributed by atoms with Crippen LogP contribution in [0.3, 0.4) is 0 Å². The molecule has 7 heteroatoms. The summed E-state index contributed by atoms with van der Waals surface area (Å²) in [6.07, 6.45) is -0.368. The van der Waals surface area contributed by atoms with Gasteiger partial charge in [0.15, 0.2) is 0 Å². The molecule has 0 spiro atoms. The van der Waals surface area contributed by atoms with Gasteiger partial charge in [0.25, 0.3) is 5.91 Å². The molecule has 0 bridgehead atoms. The molecule has 25 heavy (non-hydrogen) atoms. The van der Waals surface area contributed by atoms with Gasteiger partial charge >= 0.3 is 6.09 Å². The fraction of sp³-hybridized carbons (Fsp3) is 0.222. The fourth-order valence-corrected chi connectivity index (χ4v) is 2.92. The first kappa shape index (κ1) is 17.1. The number of benzene rings is 2. The van der Waals surface area contributed by atoms with Gasteiger partial charge in [-0.1, -0.05) is 11.6 Å². The van der Waals surface area contributed by atoms with E-state index in [1.807, 2.05) is 25.1 Å². The van der Waals surface area contributed by atoms with Gasteiger partial charge in [-0.25, -0.2) is 4.79 Å². The highest BCUT2D eigenvalue weighted by Crippen LogP contribution is 2.27. The van der Waals surface area contributed by atoms with Gasteiger partial charge in [-0.15, -0.1) is 0 Å². The number of rotatable bonds is 4. The molecule has 0 radical (unpaired) electrons. The third-order valence-electron chi connectivity index (χ3n) is 3.89. The van der Waals surface area contributed by atoms with Gasteiger partial charge in [0.1, 0.15) is 6.61 Å². The lowest BCUT2D eigenvalue weighted by Crippen LogP contribution is -2.23. The van der Waals surface area contributed by atoms with Crippen molar-refractivity contribution in [2.75, 3.05) is 42.4 Å². The van der Waals surface area contributed by atoms with Crippen molar-refractivity contribution in [2.45, 2.75) is 0 Å². The highest BCUT2D eigenvalue weighted by Gasteiger charge is 2.23. The third-order valence-corrected chi connectivity index (χ3v) is 4.19. The predicted molar refractivity (Wildman–Crippen MR) is 98.9 cm³/mol. The molecule has 1 heterocycles. The smallest absolute Gasteiger partial charge is 0.414 e. The van der Waals surface area contributed by atoms with Crippen LogP contribution in [0.15, 0.2) is 42.5 Å². The topological polar surface area (TPSA) is 61.9 Å². The molecule has 2 aromatic rings. The van der Waals surface area contributed by atoms with Crippen molar-refractivity contribution in [1.29, 1.82) is 0 Å². The van der Waals surface area contributed by atoms with Crippen LogP contribution in [0.1, 0.15) is 10.4 Å². The quantitative estimate of drug-likeness (QED) is 0.905. The first-order valence-corrected chi connectivity index (χ1v) is 8.16. The molecular formula is C18H18ClN3O3. The first-order valence-electron chi connectivity index (χ1n) is 7.78. The lowest BCUT2D eigenvalue weighted by atomic mass is 10.1. The van der Waals surface area contributed by atoms with Gasteiger partial charge in [-0.2, -0.15) is 0 Å². The number of nitrogens with zero attached hydrogens (tertiary/aromatic N) is 2. The second-order valence-electron chi connectivity index (χ2n) is 5.83. The van der Waals surface area contributed by atoms with Crippen LogP contribution in [0.2, 0.25) is 5.02 Å². The first-order chi connectivity index (χ1) is 12.0. The molecule has 1 N–H and O–H groups in total. The van der Waals surface area contributed by atoms with Crippen LogP contribution < -0.4 is 15.1 Å². The number of amides is 2. The zero-order valence-electron chi connectivity index (χ0n) is 14.0. The zero-order chi connectivity index (χ0) is 18.0. The Morgan fingerprint density at radius 3 is 2.48 bits per heavy atom. The minimum absolute atomic E-state index is 0.246. The van der Waals surface area contributed by atoms with E-state index in [-0.39, 0.29) is 12.0 Å². The number of carbonyl (C=O) groups is 2. The fourth-order valence-electron chi connectivity index (χ4n) is 2.57. The van der Waals surface area contributed by atoms with E-state index in [2.05, 4.69) is 5.32 Å². The normalized spacial score (nSPS) is 13.6. The van der Waals surface area contributed by atoms with Crippen molar-refractivity contribution < 1.29 is 14.3 Å². The van der Waals surface area contributed by atoms with E-state index in [4.69, 9.17) is 16.3 Å². The Bertz CT molecular complexity index is 806. The molecule has 1 fully saturated rings. The van der Waals surface area contributed by atoms with Crippen LogP contribution in [0, 0.1) is 0 Å². The molecule has 0 saturated carbocycles. The Labute approximate surface area is 150 Å². The van der Waals surface area contributed by atoms with Crippen LogP contribution in [0.5, 0.6) is 0 Å². The monoisotopic (exact) mass is 359 g/mol. The number of halogens is 1. The van der Waals surface area contributed by atoms with Gasteiger partial charge in [0.2, 0.25) is 0 Å². The standard InChI is InChI=1S/C18H18ClN3O3/c1-21(2)16-8-5-13(11-15(16)19)20-17(23)12-3-6-14(7-4-12)22-9-10-25-18(22)24/h3-8,11H,9-10H2,1-2H3,(H,20,23). The molecule has 130 valence electrons. The molecule has 0 aliphatic carbocycles. The molecule has 6 nitrogen and oxygen atoms in total. The summed E-state index contributed by atoms with van der Waals surface area (Å²) < 4.78 is 4.91. The molecule has 1 saturated heterocycles. The number of hydrogen-bond donors (Lipinski definition) is 1. The summed E-state index contributed by atoms with van der Waals surface area (Å²) in [5.74, 6) is -0.246. The minimum atomic E-state index is -0.368. The van der Waals surface area contributed by atoms with Gasteiger partial charge in [0, 0.05) is 31.0 Å². The maximum atomic E-state index is 12.4. The maximum absolute atomic E-state index is 12.4. The van der Waals surface area contributed by atoms with Crippen LogP contribution in [-0.2, 0) is 4.74 Å². The highest BCUT2D eigenvalue weighted by atomic mass is 35.5. The Balaban J connectivity index is 1.71. The van der Waals surface area contributed by atoms with E-state index in [0.717, 1.165) is 5.69 Å². The van der Waals surface area contributed by atoms with Crippen molar-refractivity contribution in [1.82, 2.24) is 0 Å². The van der Waals surface area contributed by atoms with Gasteiger partial charge < -0.3 is 15.0 Å². The number of anilines is 3. The Morgan fingerprint density at radius 2 is 1.92 bits per heavy atom. The Morgan fingerprint density at radius 1 is 1.20 bits per heavy atom. The Hall–Kier alpha value is -2.73. The molecule has 0 unspecified atom stereocenters. The molecule has 3 rings (SSSR count). The molecular weight excluding hydrogens is 342 g/mol. The molecule has 0 aromatic heterocycles. The number of ether oxygens (including phenoxy) is 1. The van der Waals surface area contributed by atoms with Gasteiger partial charge in [-0.3, -0.25) is 9.69 Å². The van der Waals surface area contributed by atoms with Gasteiger partial charge in [-0.05, 0) is 42.5 Å². The summed E-state index contributed by atoms with van der Waals surface area (Å²) in [4.78, 5) is 27.3. The maximum Gasteiger partial charge on any atom is 0.414 e. The minimum Gasteiger partial charge on any atom is -0.447 e. The third kappa shape index (κ3) is 3.69. The number of cyclic esters (lactones) is 1. The molecule has 1 aliphatic heterocycles. The van der Waals surface area contributed by atoms with Crippen LogP contribution in [0.4, 0.5) is 21.9 Å². The molecule has 2 amide bonds. The Kier molecular flexibility index (Phi) is 4.81. The summed E-state index contributed by atoms with van der Waals surface area (Å²) >= 11 is 6.22. The van der Waals surface area contributed by atoms with Crippen LogP contribution >= 0.6 is 11.6 Å². The number of carbonyl (C=O) groups excluding carboxylic acids is 2. The van der Waals surface area contributed by atoms with Crippen LogP contribution in [-0.4, -0.2) is 39.2 Å². The largest absolute Gasteiger partial charge is 0.447 e. The summed E-state index contributed by atoms with van der Waals surface area (Å²) in [6.45, 7) is 0.895. The molecule has 0 atom stereocenters. The number of nitrogens with one attached hydrogen (secondary N) is 1. The lowest BCUT2D eigenvalue weighted by Gasteiger charge is -2.15. The predicted octanol–water partition coefficient (Wildman–Crippen LogP) is 3.61. The molecule has 2 aromatic carbocycles. The summed E-state index contributed by atoms with van der Waals surface area (Å²) in [6, 6.07) is 12.2. The second kappa shape index (κ2) is 7.03. The van der Waals surface area contributed by atoms with E-state index < -0.39 is 0 Å². The average Bonchev–Trinajstić information content (AvgIpc) is 3.00. The van der Waals surface area contributed by atoms with E-state index >= 15 is 0 Å². The average molecular weight is 360 g/mol. The van der Waals surface area contributed by atoms with Gasteiger partial charge in [0.05, 0.1) is 17.3 Å².